The van der Waals surface area contributed by atoms with Crippen LogP contribution in [-0.4, -0.2) is 21.4 Å². The molecule has 1 saturated heterocycles. The fourth-order valence-electron chi connectivity index (χ4n) is 4.15. The third-order valence-electron chi connectivity index (χ3n) is 5.27. The summed E-state index contributed by atoms with van der Waals surface area (Å²) in [7, 11) is 0. The molecule has 2 atom stereocenters. The molecule has 4 heteroatoms. The quantitative estimate of drug-likeness (QED) is 0.860. The minimum absolute atomic E-state index is 0.184. The average Bonchev–Trinajstić information content (AvgIpc) is 3.04. The van der Waals surface area contributed by atoms with Crippen LogP contribution < -0.4 is 0 Å². The summed E-state index contributed by atoms with van der Waals surface area (Å²) in [6.07, 6.45) is 8.70. The van der Waals surface area contributed by atoms with Gasteiger partial charge >= 0.3 is 0 Å². The molecule has 1 aromatic carbocycles. The summed E-state index contributed by atoms with van der Waals surface area (Å²) in [5, 5.41) is 4.52. The standard InChI is InChI=1S/C18H25N3O/c1-3-17(21-15-19-14-20-21)12-8-9-13-22-18(17,4-2)16-10-6-5-7-11-16/h5-7,10-11,14-15H,3-4,8-9,12-13H2,1-2H3. The van der Waals surface area contributed by atoms with E-state index < -0.39 is 0 Å². The van der Waals surface area contributed by atoms with Crippen molar-refractivity contribution in [3.05, 3.63) is 48.5 Å². The predicted octanol–water partition coefficient (Wildman–Crippen LogP) is 3.89. The molecule has 0 N–H and O–H groups in total. The molecule has 0 radical (unpaired) electrons. The molecule has 1 aromatic heterocycles. The van der Waals surface area contributed by atoms with Gasteiger partial charge in [-0.1, -0.05) is 44.2 Å². The molecular formula is C18H25N3O. The summed E-state index contributed by atoms with van der Waals surface area (Å²) in [5.41, 5.74) is 0.709. The maximum atomic E-state index is 6.57. The average molecular weight is 299 g/mol. The van der Waals surface area contributed by atoms with Crippen molar-refractivity contribution in [2.75, 3.05) is 6.61 Å². The molecule has 2 unspecified atom stereocenters. The van der Waals surface area contributed by atoms with E-state index in [1.807, 2.05) is 6.33 Å². The summed E-state index contributed by atoms with van der Waals surface area (Å²) >= 11 is 0. The van der Waals surface area contributed by atoms with Gasteiger partial charge in [-0.05, 0) is 37.7 Å². The van der Waals surface area contributed by atoms with Gasteiger partial charge in [-0.25, -0.2) is 9.67 Å². The number of rotatable bonds is 4. The molecular weight excluding hydrogens is 274 g/mol. The lowest BCUT2D eigenvalue weighted by Gasteiger charge is -2.49. The topological polar surface area (TPSA) is 39.9 Å². The Kier molecular flexibility index (Phi) is 4.30. The zero-order valence-corrected chi connectivity index (χ0v) is 13.5. The first-order valence-corrected chi connectivity index (χ1v) is 8.33. The van der Waals surface area contributed by atoms with Gasteiger partial charge in [0.1, 0.15) is 18.3 Å². The highest BCUT2D eigenvalue weighted by Crippen LogP contribution is 2.50. The molecule has 0 aliphatic carbocycles. The van der Waals surface area contributed by atoms with Crippen LogP contribution in [0.15, 0.2) is 43.0 Å². The molecule has 2 aromatic rings. The van der Waals surface area contributed by atoms with Crippen LogP contribution in [0.3, 0.4) is 0 Å². The van der Waals surface area contributed by atoms with Crippen LogP contribution in [0.2, 0.25) is 0 Å². The number of ether oxygens (including phenoxy) is 1. The van der Waals surface area contributed by atoms with Crippen molar-refractivity contribution in [2.24, 2.45) is 0 Å². The van der Waals surface area contributed by atoms with Gasteiger partial charge in [0.25, 0.3) is 0 Å². The summed E-state index contributed by atoms with van der Waals surface area (Å²) in [6, 6.07) is 10.6. The Morgan fingerprint density at radius 2 is 1.95 bits per heavy atom. The van der Waals surface area contributed by atoms with E-state index in [9.17, 15) is 0 Å². The van der Waals surface area contributed by atoms with E-state index in [1.54, 1.807) is 6.33 Å². The molecule has 1 aliphatic heterocycles. The Labute approximate surface area is 132 Å². The summed E-state index contributed by atoms with van der Waals surface area (Å²) < 4.78 is 8.62. The number of hydrogen-bond acceptors (Lipinski definition) is 3. The molecule has 2 heterocycles. The zero-order valence-electron chi connectivity index (χ0n) is 13.5. The van der Waals surface area contributed by atoms with Crippen molar-refractivity contribution in [3.63, 3.8) is 0 Å². The van der Waals surface area contributed by atoms with E-state index in [2.05, 4.69) is 58.9 Å². The first-order valence-electron chi connectivity index (χ1n) is 8.33. The number of hydrogen-bond donors (Lipinski definition) is 0. The highest BCUT2D eigenvalue weighted by molar-refractivity contribution is 5.27. The zero-order chi connectivity index (χ0) is 15.5. The maximum absolute atomic E-state index is 6.57. The number of benzene rings is 1. The third kappa shape index (κ3) is 2.17. The van der Waals surface area contributed by atoms with Crippen LogP contribution in [0.4, 0.5) is 0 Å². The van der Waals surface area contributed by atoms with Crippen molar-refractivity contribution < 1.29 is 4.74 Å². The van der Waals surface area contributed by atoms with Crippen LogP contribution in [0.25, 0.3) is 0 Å². The van der Waals surface area contributed by atoms with Gasteiger partial charge in [0, 0.05) is 6.61 Å². The van der Waals surface area contributed by atoms with Gasteiger partial charge in [0.05, 0.1) is 5.54 Å². The summed E-state index contributed by atoms with van der Waals surface area (Å²) in [4.78, 5) is 4.21. The minimum atomic E-state index is -0.354. The molecule has 1 aliphatic rings. The predicted molar refractivity (Wildman–Crippen MR) is 86.5 cm³/mol. The highest BCUT2D eigenvalue weighted by atomic mass is 16.5. The Balaban J connectivity index is 2.22. The van der Waals surface area contributed by atoms with Crippen molar-refractivity contribution in [2.45, 2.75) is 57.1 Å². The van der Waals surface area contributed by atoms with Gasteiger partial charge in [-0.2, -0.15) is 5.10 Å². The lowest BCUT2D eigenvalue weighted by Crippen LogP contribution is -2.54. The van der Waals surface area contributed by atoms with Crippen LogP contribution in [0.1, 0.15) is 51.5 Å². The van der Waals surface area contributed by atoms with E-state index in [0.717, 1.165) is 38.7 Å². The van der Waals surface area contributed by atoms with Crippen LogP contribution in [0, 0.1) is 0 Å². The highest BCUT2D eigenvalue weighted by Gasteiger charge is 2.54. The SMILES string of the molecule is CCC1(c2ccccc2)OCCCCC1(CC)n1cncn1. The van der Waals surface area contributed by atoms with Crippen molar-refractivity contribution in [1.29, 1.82) is 0 Å². The molecule has 4 nitrogen and oxygen atoms in total. The minimum Gasteiger partial charge on any atom is -0.368 e. The summed E-state index contributed by atoms with van der Waals surface area (Å²) in [6.45, 7) is 5.27. The Morgan fingerprint density at radius 3 is 2.59 bits per heavy atom. The largest absolute Gasteiger partial charge is 0.368 e. The number of nitrogens with zero attached hydrogens (tertiary/aromatic N) is 3. The molecule has 3 rings (SSSR count). The Hall–Kier alpha value is -1.68. The molecule has 0 spiro atoms. The van der Waals surface area contributed by atoms with E-state index in [-0.39, 0.29) is 11.1 Å². The monoisotopic (exact) mass is 299 g/mol. The van der Waals surface area contributed by atoms with Gasteiger partial charge in [-0.3, -0.25) is 0 Å². The van der Waals surface area contributed by atoms with E-state index in [4.69, 9.17) is 4.74 Å². The second-order valence-electron chi connectivity index (χ2n) is 6.08. The van der Waals surface area contributed by atoms with Crippen LogP contribution in [-0.2, 0) is 15.9 Å². The fraction of sp³-hybridized carbons (Fsp3) is 0.556. The summed E-state index contributed by atoms with van der Waals surface area (Å²) in [5.74, 6) is 0. The molecule has 0 bridgehead atoms. The van der Waals surface area contributed by atoms with Gasteiger partial charge in [0.15, 0.2) is 0 Å². The molecule has 22 heavy (non-hydrogen) atoms. The van der Waals surface area contributed by atoms with Crippen molar-refractivity contribution in [1.82, 2.24) is 14.8 Å². The second kappa shape index (κ2) is 6.21. The van der Waals surface area contributed by atoms with E-state index in [0.29, 0.717) is 0 Å². The first-order chi connectivity index (χ1) is 10.8. The Bertz CT molecular complexity index is 584. The van der Waals surface area contributed by atoms with Gasteiger partial charge in [0.2, 0.25) is 0 Å². The van der Waals surface area contributed by atoms with Crippen molar-refractivity contribution in [3.8, 4) is 0 Å². The molecule has 118 valence electrons. The third-order valence-corrected chi connectivity index (χ3v) is 5.27. The van der Waals surface area contributed by atoms with E-state index >= 15 is 0 Å². The lowest BCUT2D eigenvalue weighted by molar-refractivity contribution is -0.136. The second-order valence-corrected chi connectivity index (χ2v) is 6.08. The lowest BCUT2D eigenvalue weighted by atomic mass is 9.69. The maximum Gasteiger partial charge on any atom is 0.137 e. The first kappa shape index (κ1) is 15.2. The van der Waals surface area contributed by atoms with Crippen LogP contribution >= 0.6 is 0 Å². The fourth-order valence-corrected chi connectivity index (χ4v) is 4.15. The van der Waals surface area contributed by atoms with Gasteiger partial charge < -0.3 is 4.74 Å². The molecule has 1 fully saturated rings. The van der Waals surface area contributed by atoms with Crippen molar-refractivity contribution >= 4 is 0 Å². The molecule has 0 saturated carbocycles. The van der Waals surface area contributed by atoms with Gasteiger partial charge in [-0.15, -0.1) is 0 Å². The Morgan fingerprint density at radius 1 is 1.14 bits per heavy atom. The smallest absolute Gasteiger partial charge is 0.137 e. The van der Waals surface area contributed by atoms with E-state index in [1.165, 1.54) is 5.56 Å². The normalized spacial score (nSPS) is 29.2. The molecule has 0 amide bonds. The van der Waals surface area contributed by atoms with Crippen LogP contribution in [0.5, 0.6) is 0 Å². The number of aromatic nitrogens is 3.